The highest BCUT2D eigenvalue weighted by atomic mass is 79.9. The molecule has 5 heteroatoms. The average molecular weight is 386 g/mol. The van der Waals surface area contributed by atoms with Gasteiger partial charge >= 0.3 is 0 Å². The van der Waals surface area contributed by atoms with Crippen LogP contribution in [0, 0.1) is 5.92 Å². The largest absolute Gasteiger partial charge is 0.312 e. The van der Waals surface area contributed by atoms with Gasteiger partial charge in [-0.1, -0.05) is 43.3 Å². The minimum Gasteiger partial charge on any atom is -0.312 e. The fourth-order valence-electron chi connectivity index (χ4n) is 1.79. The van der Waals surface area contributed by atoms with Crippen LogP contribution in [0.25, 0.3) is 0 Å². The molecule has 2 aromatic rings. The Kier molecular flexibility index (Phi) is 6.55. The van der Waals surface area contributed by atoms with Crippen molar-refractivity contribution in [3.8, 4) is 0 Å². The zero-order chi connectivity index (χ0) is 15.2. The first kappa shape index (κ1) is 16.8. The Morgan fingerprint density at radius 3 is 2.81 bits per heavy atom. The third-order valence-corrected chi connectivity index (χ3v) is 5.09. The lowest BCUT2D eigenvalue weighted by Crippen LogP contribution is -2.19. The summed E-state index contributed by atoms with van der Waals surface area (Å²) < 4.78 is 0.994. The van der Waals surface area contributed by atoms with E-state index in [0.29, 0.717) is 5.92 Å². The van der Waals surface area contributed by atoms with Crippen LogP contribution in [0.1, 0.15) is 19.4 Å². The highest BCUT2D eigenvalue weighted by Crippen LogP contribution is 2.33. The first-order valence-corrected chi connectivity index (χ1v) is 8.82. The lowest BCUT2D eigenvalue weighted by Gasteiger charge is -2.10. The number of benzene rings is 1. The van der Waals surface area contributed by atoms with Gasteiger partial charge in [-0.05, 0) is 58.2 Å². The topological polar surface area (TPSA) is 24.9 Å². The van der Waals surface area contributed by atoms with Crippen molar-refractivity contribution < 1.29 is 0 Å². The van der Waals surface area contributed by atoms with Gasteiger partial charge in [0.15, 0.2) is 0 Å². The second-order valence-corrected chi connectivity index (χ2v) is 7.49. The maximum Gasteiger partial charge on any atom is 0.115 e. The summed E-state index contributed by atoms with van der Waals surface area (Å²) in [7, 11) is 0. The highest BCUT2D eigenvalue weighted by Gasteiger charge is 2.06. The summed E-state index contributed by atoms with van der Waals surface area (Å²) in [6, 6.07) is 10.1. The van der Waals surface area contributed by atoms with Gasteiger partial charge in [0.05, 0.1) is 4.47 Å². The molecule has 0 aliphatic carbocycles. The molecule has 1 aromatic carbocycles. The van der Waals surface area contributed by atoms with Crippen molar-refractivity contribution >= 4 is 39.3 Å². The van der Waals surface area contributed by atoms with Gasteiger partial charge in [0.2, 0.25) is 0 Å². The molecule has 0 saturated heterocycles. The Hall–Kier alpha value is -0.550. The number of hydrogen-bond donors (Lipinski definition) is 1. The van der Waals surface area contributed by atoms with Gasteiger partial charge in [0.1, 0.15) is 5.03 Å². The normalized spacial score (nSPS) is 11.1. The Morgan fingerprint density at radius 2 is 2.14 bits per heavy atom. The summed E-state index contributed by atoms with van der Waals surface area (Å²) in [6.07, 6.45) is 1.79. The molecule has 0 saturated carbocycles. The second kappa shape index (κ2) is 8.18. The van der Waals surface area contributed by atoms with Gasteiger partial charge in [-0.2, -0.15) is 0 Å². The molecule has 0 fully saturated rings. The van der Waals surface area contributed by atoms with Crippen molar-refractivity contribution in [3.05, 3.63) is 51.6 Å². The standard InChI is InChI=1S/C16H18BrClN2S/c1-11(2)9-19-10-12-5-6-13(8-15(12)18)21-16-14(17)4-3-7-20-16/h3-8,11,19H,9-10H2,1-2H3. The zero-order valence-corrected chi connectivity index (χ0v) is 15.2. The number of nitrogens with one attached hydrogen (secondary N) is 1. The smallest absolute Gasteiger partial charge is 0.115 e. The monoisotopic (exact) mass is 384 g/mol. The van der Waals surface area contributed by atoms with Crippen molar-refractivity contribution in [3.63, 3.8) is 0 Å². The van der Waals surface area contributed by atoms with E-state index in [2.05, 4.69) is 52.2 Å². The summed E-state index contributed by atoms with van der Waals surface area (Å²) in [4.78, 5) is 5.45. The lowest BCUT2D eigenvalue weighted by molar-refractivity contribution is 0.552. The number of halogens is 2. The molecule has 1 aromatic heterocycles. The van der Waals surface area contributed by atoms with Crippen LogP contribution in [0.2, 0.25) is 5.02 Å². The first-order valence-electron chi connectivity index (χ1n) is 6.84. The van der Waals surface area contributed by atoms with Gasteiger partial charge in [-0.15, -0.1) is 0 Å². The Morgan fingerprint density at radius 1 is 1.33 bits per heavy atom. The Balaban J connectivity index is 2.03. The van der Waals surface area contributed by atoms with Gasteiger partial charge in [0, 0.05) is 22.7 Å². The summed E-state index contributed by atoms with van der Waals surface area (Å²) >= 11 is 11.5. The predicted molar refractivity (Wildman–Crippen MR) is 94.1 cm³/mol. The fraction of sp³-hybridized carbons (Fsp3) is 0.312. The van der Waals surface area contributed by atoms with E-state index in [1.807, 2.05) is 18.2 Å². The van der Waals surface area contributed by atoms with Crippen LogP contribution in [0.5, 0.6) is 0 Å². The van der Waals surface area contributed by atoms with E-state index < -0.39 is 0 Å². The maximum atomic E-state index is 6.37. The molecular weight excluding hydrogens is 368 g/mol. The number of pyridine rings is 1. The molecule has 1 heterocycles. The number of hydrogen-bond acceptors (Lipinski definition) is 3. The van der Waals surface area contributed by atoms with E-state index >= 15 is 0 Å². The molecule has 2 rings (SSSR count). The van der Waals surface area contributed by atoms with Crippen molar-refractivity contribution in [2.45, 2.75) is 30.3 Å². The van der Waals surface area contributed by atoms with E-state index in [1.54, 1.807) is 18.0 Å². The minimum atomic E-state index is 0.639. The lowest BCUT2D eigenvalue weighted by atomic mass is 10.2. The van der Waals surface area contributed by atoms with E-state index in [0.717, 1.165) is 38.1 Å². The molecule has 0 atom stereocenters. The van der Waals surface area contributed by atoms with Crippen LogP contribution in [0.3, 0.4) is 0 Å². The van der Waals surface area contributed by atoms with Crippen molar-refractivity contribution in [2.75, 3.05) is 6.54 Å². The van der Waals surface area contributed by atoms with Crippen LogP contribution in [-0.2, 0) is 6.54 Å². The quantitative estimate of drug-likeness (QED) is 0.721. The third-order valence-electron chi connectivity index (χ3n) is 2.83. The highest BCUT2D eigenvalue weighted by molar-refractivity contribution is 9.10. The van der Waals surface area contributed by atoms with E-state index in [9.17, 15) is 0 Å². The van der Waals surface area contributed by atoms with Crippen molar-refractivity contribution in [1.29, 1.82) is 0 Å². The second-order valence-electron chi connectivity index (χ2n) is 5.17. The SMILES string of the molecule is CC(C)CNCc1ccc(Sc2ncccc2Br)cc1Cl. The number of aromatic nitrogens is 1. The average Bonchev–Trinajstić information content (AvgIpc) is 2.43. The molecule has 2 nitrogen and oxygen atoms in total. The van der Waals surface area contributed by atoms with Crippen LogP contribution >= 0.6 is 39.3 Å². The fourth-order valence-corrected chi connectivity index (χ4v) is 3.41. The molecule has 1 N–H and O–H groups in total. The molecule has 112 valence electrons. The molecule has 0 spiro atoms. The van der Waals surface area contributed by atoms with Crippen molar-refractivity contribution in [2.24, 2.45) is 5.92 Å². The van der Waals surface area contributed by atoms with E-state index in [1.165, 1.54) is 0 Å². The summed E-state index contributed by atoms with van der Waals surface area (Å²) in [6.45, 7) is 6.18. The maximum absolute atomic E-state index is 6.37. The molecule has 0 aliphatic rings. The third kappa shape index (κ3) is 5.29. The first-order chi connectivity index (χ1) is 10.1. The van der Waals surface area contributed by atoms with E-state index in [-0.39, 0.29) is 0 Å². The molecule has 0 bridgehead atoms. The summed E-state index contributed by atoms with van der Waals surface area (Å²) in [5.41, 5.74) is 1.13. The van der Waals surface area contributed by atoms with Crippen LogP contribution < -0.4 is 5.32 Å². The summed E-state index contributed by atoms with van der Waals surface area (Å²) in [5.74, 6) is 0.639. The summed E-state index contributed by atoms with van der Waals surface area (Å²) in [5, 5.41) is 5.15. The van der Waals surface area contributed by atoms with Gasteiger partial charge in [-0.3, -0.25) is 0 Å². The number of rotatable bonds is 6. The molecule has 21 heavy (non-hydrogen) atoms. The predicted octanol–water partition coefficient (Wildman–Crippen LogP) is 5.39. The molecule has 0 unspecified atom stereocenters. The Bertz CT molecular complexity index is 605. The molecule has 0 radical (unpaired) electrons. The van der Waals surface area contributed by atoms with Gasteiger partial charge < -0.3 is 5.32 Å². The van der Waals surface area contributed by atoms with E-state index in [4.69, 9.17) is 11.6 Å². The zero-order valence-electron chi connectivity index (χ0n) is 12.1. The van der Waals surface area contributed by atoms with Gasteiger partial charge in [-0.25, -0.2) is 4.98 Å². The minimum absolute atomic E-state index is 0.639. The van der Waals surface area contributed by atoms with Gasteiger partial charge in [0.25, 0.3) is 0 Å². The van der Waals surface area contributed by atoms with Crippen LogP contribution in [0.4, 0.5) is 0 Å². The number of nitrogens with zero attached hydrogens (tertiary/aromatic N) is 1. The molecule has 0 amide bonds. The van der Waals surface area contributed by atoms with Crippen LogP contribution in [-0.4, -0.2) is 11.5 Å². The molecule has 0 aliphatic heterocycles. The van der Waals surface area contributed by atoms with Crippen LogP contribution in [0.15, 0.2) is 50.9 Å². The Labute approximate surface area is 143 Å². The molecular formula is C16H18BrClN2S. The van der Waals surface area contributed by atoms with Crippen molar-refractivity contribution in [1.82, 2.24) is 10.3 Å².